The van der Waals surface area contributed by atoms with E-state index >= 15 is 0 Å². The fraction of sp³-hybridized carbons (Fsp3) is 0.567. The molecule has 0 atom stereocenters. The fourth-order valence-electron chi connectivity index (χ4n) is 3.84. The van der Waals surface area contributed by atoms with E-state index < -0.39 is 25.8 Å². The Bertz CT molecular complexity index is 1310. The first-order valence-corrected chi connectivity index (χ1v) is 16.9. The SMILES string of the molecule is CC(C)c1cnn2c(N(Cc3ccccc3F)C(=O)OC(C)(C)C)cc(NCCCO[Si](C)(C)C(C)(C)C)nc12. The Kier molecular flexibility index (Phi) is 9.67. The monoisotopic (exact) mass is 571 g/mol. The fourth-order valence-corrected chi connectivity index (χ4v) is 4.93. The number of benzene rings is 1. The van der Waals surface area contributed by atoms with E-state index in [4.69, 9.17) is 14.1 Å². The summed E-state index contributed by atoms with van der Waals surface area (Å²) in [5.41, 5.74) is 1.21. The van der Waals surface area contributed by atoms with Gasteiger partial charge in [-0.1, -0.05) is 52.8 Å². The number of carbonyl (C=O) groups is 1. The van der Waals surface area contributed by atoms with Gasteiger partial charge in [0.05, 0.1) is 12.7 Å². The molecule has 0 aliphatic rings. The lowest BCUT2D eigenvalue weighted by Crippen LogP contribution is -2.41. The lowest BCUT2D eigenvalue weighted by molar-refractivity contribution is 0.0575. The summed E-state index contributed by atoms with van der Waals surface area (Å²) in [4.78, 5) is 19.8. The van der Waals surface area contributed by atoms with E-state index in [9.17, 15) is 9.18 Å². The first kappa shape index (κ1) is 31.5. The summed E-state index contributed by atoms with van der Waals surface area (Å²) in [6, 6.07) is 8.19. The van der Waals surface area contributed by atoms with Crippen molar-refractivity contribution in [2.24, 2.45) is 0 Å². The lowest BCUT2D eigenvalue weighted by Gasteiger charge is -2.36. The molecule has 0 aliphatic carbocycles. The van der Waals surface area contributed by atoms with Crippen LogP contribution in [-0.4, -0.2) is 47.8 Å². The van der Waals surface area contributed by atoms with Crippen LogP contribution < -0.4 is 10.2 Å². The first-order valence-electron chi connectivity index (χ1n) is 14.0. The molecule has 0 saturated carbocycles. The Labute approximate surface area is 239 Å². The summed E-state index contributed by atoms with van der Waals surface area (Å²) in [5.74, 6) is 0.797. The van der Waals surface area contributed by atoms with E-state index in [-0.39, 0.29) is 17.5 Å². The van der Waals surface area contributed by atoms with Crippen LogP contribution in [0.15, 0.2) is 36.5 Å². The number of carbonyl (C=O) groups excluding carboxylic acids is 1. The van der Waals surface area contributed by atoms with Gasteiger partial charge in [-0.3, -0.25) is 4.90 Å². The number of nitrogens with zero attached hydrogens (tertiary/aromatic N) is 4. The minimum atomic E-state index is -1.82. The molecular formula is C30H46FN5O3Si. The number of halogens is 1. The molecule has 2 heterocycles. The van der Waals surface area contributed by atoms with Gasteiger partial charge in [0.2, 0.25) is 0 Å². The van der Waals surface area contributed by atoms with Crippen LogP contribution in [0, 0.1) is 5.82 Å². The number of ether oxygens (including phenoxy) is 1. The van der Waals surface area contributed by atoms with Crippen LogP contribution in [-0.2, 0) is 15.7 Å². The summed E-state index contributed by atoms with van der Waals surface area (Å²) in [5, 5.41) is 8.13. The summed E-state index contributed by atoms with van der Waals surface area (Å²) in [6.07, 6.45) is 1.97. The van der Waals surface area contributed by atoms with Crippen LogP contribution in [0.25, 0.3) is 5.65 Å². The second-order valence-corrected chi connectivity index (χ2v) is 17.8. The second-order valence-electron chi connectivity index (χ2n) is 13.0. The van der Waals surface area contributed by atoms with Gasteiger partial charge in [0.15, 0.2) is 14.0 Å². The molecule has 0 fully saturated rings. The normalized spacial score (nSPS) is 12.7. The number of aromatic nitrogens is 3. The number of hydrogen-bond acceptors (Lipinski definition) is 6. The van der Waals surface area contributed by atoms with Gasteiger partial charge in [0.25, 0.3) is 0 Å². The molecule has 0 saturated heterocycles. The first-order chi connectivity index (χ1) is 18.5. The van der Waals surface area contributed by atoms with E-state index in [0.717, 1.165) is 12.0 Å². The Balaban J connectivity index is 1.97. The van der Waals surface area contributed by atoms with Crippen LogP contribution >= 0.6 is 0 Å². The van der Waals surface area contributed by atoms with Crippen LogP contribution in [0.5, 0.6) is 0 Å². The van der Waals surface area contributed by atoms with Crippen LogP contribution in [0.1, 0.15) is 78.9 Å². The molecule has 1 aromatic carbocycles. The molecule has 40 heavy (non-hydrogen) atoms. The number of anilines is 2. The highest BCUT2D eigenvalue weighted by Crippen LogP contribution is 2.36. The molecule has 3 rings (SSSR count). The number of hydrogen-bond donors (Lipinski definition) is 1. The zero-order chi connectivity index (χ0) is 29.9. The van der Waals surface area contributed by atoms with Crippen molar-refractivity contribution in [2.75, 3.05) is 23.4 Å². The van der Waals surface area contributed by atoms with E-state index in [2.05, 4.69) is 58.1 Å². The number of nitrogens with one attached hydrogen (secondary N) is 1. The van der Waals surface area contributed by atoms with Crippen molar-refractivity contribution in [1.29, 1.82) is 0 Å². The van der Waals surface area contributed by atoms with Gasteiger partial charge >= 0.3 is 6.09 Å². The average Bonchev–Trinajstić information content (AvgIpc) is 3.25. The highest BCUT2D eigenvalue weighted by molar-refractivity contribution is 6.74. The van der Waals surface area contributed by atoms with Crippen molar-refractivity contribution >= 4 is 31.7 Å². The van der Waals surface area contributed by atoms with Crippen LogP contribution in [0.3, 0.4) is 0 Å². The van der Waals surface area contributed by atoms with E-state index in [1.807, 2.05) is 0 Å². The summed E-state index contributed by atoms with van der Waals surface area (Å²) in [7, 11) is -1.82. The molecule has 1 N–H and O–H groups in total. The topological polar surface area (TPSA) is 81.0 Å². The maximum absolute atomic E-state index is 14.7. The Hall–Kier alpha value is -2.98. The predicted molar refractivity (Wildman–Crippen MR) is 162 cm³/mol. The van der Waals surface area contributed by atoms with Crippen molar-refractivity contribution in [2.45, 2.75) is 98.0 Å². The van der Waals surface area contributed by atoms with Gasteiger partial charge in [-0.25, -0.2) is 14.2 Å². The van der Waals surface area contributed by atoms with Crippen LogP contribution in [0.2, 0.25) is 18.1 Å². The molecule has 3 aromatic rings. The number of fused-ring (bicyclic) bond motifs is 1. The van der Waals surface area contributed by atoms with Crippen molar-refractivity contribution < 1.29 is 18.3 Å². The van der Waals surface area contributed by atoms with Gasteiger partial charge in [-0.05, 0) is 57.3 Å². The molecule has 0 bridgehead atoms. The van der Waals surface area contributed by atoms with Crippen molar-refractivity contribution in [3.8, 4) is 0 Å². The third kappa shape index (κ3) is 7.81. The standard InChI is InChI=1S/C30H46FN5O3Si/c1-21(2)23-19-33-36-26(35(28(37)39-29(3,4)5)20-22-14-11-12-15-24(22)31)18-25(34-27(23)36)32-16-13-17-38-40(9,10)30(6,7)8/h11-12,14-15,18-19,21H,13,16-17,20H2,1-10H3,(H,32,34). The van der Waals surface area contributed by atoms with Gasteiger partial charge in [0.1, 0.15) is 23.1 Å². The largest absolute Gasteiger partial charge is 0.443 e. The van der Waals surface area contributed by atoms with E-state index in [1.54, 1.807) is 55.7 Å². The molecule has 220 valence electrons. The smallest absolute Gasteiger partial charge is 0.416 e. The van der Waals surface area contributed by atoms with Gasteiger partial charge in [-0.15, -0.1) is 0 Å². The third-order valence-corrected chi connectivity index (χ3v) is 11.7. The summed E-state index contributed by atoms with van der Waals surface area (Å²) < 4.78 is 28.4. The van der Waals surface area contributed by atoms with Gasteiger partial charge in [-0.2, -0.15) is 9.61 Å². The highest BCUT2D eigenvalue weighted by Gasteiger charge is 2.36. The maximum atomic E-state index is 14.7. The highest BCUT2D eigenvalue weighted by atomic mass is 28.4. The van der Waals surface area contributed by atoms with Crippen LogP contribution in [0.4, 0.5) is 20.8 Å². The Morgan fingerprint density at radius 1 is 1.15 bits per heavy atom. The predicted octanol–water partition coefficient (Wildman–Crippen LogP) is 7.76. The van der Waals surface area contributed by atoms with Gasteiger partial charge < -0.3 is 14.5 Å². The number of amides is 1. The molecule has 0 spiro atoms. The van der Waals surface area contributed by atoms with Gasteiger partial charge in [0, 0.05) is 30.3 Å². The molecule has 0 aliphatic heterocycles. The minimum Gasteiger partial charge on any atom is -0.443 e. The molecule has 0 unspecified atom stereocenters. The summed E-state index contributed by atoms with van der Waals surface area (Å²) >= 11 is 0. The van der Waals surface area contributed by atoms with Crippen molar-refractivity contribution in [1.82, 2.24) is 14.6 Å². The Morgan fingerprint density at radius 2 is 1.82 bits per heavy atom. The van der Waals surface area contributed by atoms with Crippen molar-refractivity contribution in [3.63, 3.8) is 0 Å². The molecule has 1 amide bonds. The van der Waals surface area contributed by atoms with Crippen molar-refractivity contribution in [3.05, 3.63) is 53.5 Å². The average molecular weight is 572 g/mol. The lowest BCUT2D eigenvalue weighted by atomic mass is 10.1. The molecule has 0 radical (unpaired) electrons. The minimum absolute atomic E-state index is 0.0304. The molecule has 8 nitrogen and oxygen atoms in total. The third-order valence-electron chi connectivity index (χ3n) is 7.18. The number of rotatable bonds is 10. The zero-order valence-electron chi connectivity index (χ0n) is 25.8. The Morgan fingerprint density at radius 3 is 2.42 bits per heavy atom. The van der Waals surface area contributed by atoms with E-state index in [1.165, 1.54) is 11.0 Å². The summed E-state index contributed by atoms with van der Waals surface area (Å²) in [6.45, 7) is 22.0. The quantitative estimate of drug-likeness (QED) is 0.198. The molecule has 2 aromatic heterocycles. The van der Waals surface area contributed by atoms with E-state index in [0.29, 0.717) is 36.0 Å². The molecular weight excluding hydrogens is 525 g/mol. The second kappa shape index (κ2) is 12.3. The maximum Gasteiger partial charge on any atom is 0.416 e. The zero-order valence-corrected chi connectivity index (χ0v) is 26.8. The molecule has 10 heteroatoms.